The molecule has 2 aliphatic heterocycles. The molecule has 0 radical (unpaired) electrons. The van der Waals surface area contributed by atoms with Crippen LogP contribution >= 0.6 is 0 Å². The minimum Gasteiger partial charge on any atom is -0.438 e. The molecule has 36 heavy (non-hydrogen) atoms. The van der Waals surface area contributed by atoms with Gasteiger partial charge in [-0.2, -0.15) is 10.2 Å². The summed E-state index contributed by atoms with van der Waals surface area (Å²) < 4.78 is 9.98. The lowest BCUT2D eigenvalue weighted by molar-refractivity contribution is 0.0862. The molecule has 3 aliphatic rings. The van der Waals surface area contributed by atoms with E-state index in [2.05, 4.69) is 10.00 Å². The van der Waals surface area contributed by atoms with Crippen molar-refractivity contribution < 1.29 is 9.53 Å². The van der Waals surface area contributed by atoms with Crippen molar-refractivity contribution in [3.8, 4) is 17.3 Å². The average Bonchev–Trinajstić information content (AvgIpc) is 3.69. The Morgan fingerprint density at radius 2 is 1.86 bits per heavy atom. The van der Waals surface area contributed by atoms with Crippen molar-refractivity contribution >= 4 is 17.7 Å². The number of benzene rings is 2. The summed E-state index contributed by atoms with van der Waals surface area (Å²) in [6.45, 7) is 0.458. The van der Waals surface area contributed by atoms with Gasteiger partial charge in [-0.25, -0.2) is 14.4 Å². The standard InChI is InChI=1S/C27H25N7O2/c1-31-25(35)23-24(34-22-10-5-9-21(22)29-27(31)34)30-33(26(23)36-20-7-3-2-4-8-20)17-18-11-13-19(14-12-18)32-16-6-15-28-32/h2-4,6-8,11-16,21-22H,5,9-10,17H2,1H3. The van der Waals surface area contributed by atoms with Gasteiger partial charge < -0.3 is 4.74 Å². The van der Waals surface area contributed by atoms with E-state index in [1.807, 2.05) is 71.5 Å². The monoisotopic (exact) mass is 479 g/mol. The lowest BCUT2D eigenvalue weighted by Crippen LogP contribution is -2.51. The number of aromatic nitrogens is 4. The molecule has 9 nitrogen and oxygen atoms in total. The topological polar surface area (TPSA) is 80.8 Å². The molecule has 4 heterocycles. The zero-order valence-electron chi connectivity index (χ0n) is 19.9. The van der Waals surface area contributed by atoms with Crippen molar-refractivity contribution in [1.29, 1.82) is 0 Å². The van der Waals surface area contributed by atoms with E-state index in [0.717, 1.165) is 30.5 Å². The van der Waals surface area contributed by atoms with E-state index in [1.54, 1.807) is 22.8 Å². The van der Waals surface area contributed by atoms with Crippen molar-refractivity contribution in [2.75, 3.05) is 11.9 Å². The molecule has 0 bridgehead atoms. The number of hydrogen-bond donors (Lipinski definition) is 0. The number of carbonyl (C=O) groups is 1. The van der Waals surface area contributed by atoms with E-state index < -0.39 is 0 Å². The molecule has 7 rings (SSSR count). The van der Waals surface area contributed by atoms with E-state index in [-0.39, 0.29) is 18.0 Å². The van der Waals surface area contributed by atoms with Gasteiger partial charge in [-0.05, 0) is 55.2 Å². The molecule has 2 unspecified atom stereocenters. The molecule has 9 heteroatoms. The first-order valence-electron chi connectivity index (χ1n) is 12.2. The average molecular weight is 480 g/mol. The molecule has 0 saturated heterocycles. The fourth-order valence-corrected chi connectivity index (χ4v) is 5.44. The minimum absolute atomic E-state index is 0.147. The van der Waals surface area contributed by atoms with Gasteiger partial charge in [-0.15, -0.1) is 0 Å². The molecule has 2 aromatic carbocycles. The summed E-state index contributed by atoms with van der Waals surface area (Å²) in [6.07, 6.45) is 6.88. The molecule has 2 atom stereocenters. The van der Waals surface area contributed by atoms with Gasteiger partial charge in [0.05, 0.1) is 24.3 Å². The summed E-state index contributed by atoms with van der Waals surface area (Å²) in [4.78, 5) is 22.3. The minimum atomic E-state index is -0.147. The van der Waals surface area contributed by atoms with Crippen LogP contribution in [0.3, 0.4) is 0 Å². The summed E-state index contributed by atoms with van der Waals surface area (Å²) in [6, 6.07) is 20.0. The summed E-state index contributed by atoms with van der Waals surface area (Å²) in [5, 5.41) is 9.27. The number of aliphatic imine (C=N–C) groups is 1. The Morgan fingerprint density at radius 1 is 1.03 bits per heavy atom. The number of rotatable bonds is 5. The Bertz CT molecular complexity index is 1460. The van der Waals surface area contributed by atoms with Crippen molar-refractivity contribution in [3.05, 3.63) is 84.2 Å². The maximum atomic E-state index is 13.6. The van der Waals surface area contributed by atoms with Crippen LogP contribution in [-0.4, -0.2) is 55.5 Å². The number of hydrogen-bond acceptors (Lipinski definition) is 6. The SMILES string of the molecule is CN1C(=O)c2c(nn(Cc3ccc(-n4cccn4)cc3)c2Oc2ccccc2)N2C1=NC1CCCC12. The number of fused-ring (bicyclic) bond motifs is 5. The third-order valence-corrected chi connectivity index (χ3v) is 7.20. The van der Waals surface area contributed by atoms with Gasteiger partial charge in [0, 0.05) is 19.4 Å². The summed E-state index contributed by atoms with van der Waals surface area (Å²) in [5.74, 6) is 2.30. The Balaban J connectivity index is 1.31. The van der Waals surface area contributed by atoms with Gasteiger partial charge >= 0.3 is 0 Å². The zero-order valence-corrected chi connectivity index (χ0v) is 19.9. The molecule has 1 aliphatic carbocycles. The maximum absolute atomic E-state index is 13.6. The van der Waals surface area contributed by atoms with Crippen LogP contribution in [-0.2, 0) is 6.54 Å². The van der Waals surface area contributed by atoms with Crippen LogP contribution in [0.1, 0.15) is 35.2 Å². The lowest BCUT2D eigenvalue weighted by Gasteiger charge is -2.33. The van der Waals surface area contributed by atoms with Crippen molar-refractivity contribution in [2.45, 2.75) is 37.9 Å². The third kappa shape index (κ3) is 3.23. The Hall–Kier alpha value is -4.40. The largest absolute Gasteiger partial charge is 0.438 e. The highest BCUT2D eigenvalue weighted by atomic mass is 16.5. The molecule has 1 amide bonds. The molecule has 1 saturated carbocycles. The second kappa shape index (κ2) is 8.08. The van der Waals surface area contributed by atoms with E-state index in [1.165, 1.54) is 0 Å². The highest BCUT2D eigenvalue weighted by molar-refractivity contribution is 6.20. The van der Waals surface area contributed by atoms with Gasteiger partial charge in [0.2, 0.25) is 11.8 Å². The highest BCUT2D eigenvalue weighted by Crippen LogP contribution is 2.43. The zero-order chi connectivity index (χ0) is 24.2. The van der Waals surface area contributed by atoms with Crippen molar-refractivity contribution in [1.82, 2.24) is 24.5 Å². The Kier molecular flexibility index (Phi) is 4.70. The van der Waals surface area contributed by atoms with E-state index in [4.69, 9.17) is 14.8 Å². The fraction of sp³-hybridized carbons (Fsp3) is 0.259. The first-order valence-corrected chi connectivity index (χ1v) is 12.2. The van der Waals surface area contributed by atoms with Crippen LogP contribution in [0.4, 0.5) is 5.82 Å². The maximum Gasteiger partial charge on any atom is 0.269 e. The molecule has 4 aromatic rings. The molecule has 2 aromatic heterocycles. The fourth-order valence-electron chi connectivity index (χ4n) is 5.44. The number of anilines is 1. The predicted octanol–water partition coefficient (Wildman–Crippen LogP) is 4.09. The van der Waals surface area contributed by atoms with Crippen molar-refractivity contribution in [3.63, 3.8) is 0 Å². The number of carbonyl (C=O) groups excluding carboxylic acids is 1. The van der Waals surface area contributed by atoms with Gasteiger partial charge in [0.25, 0.3) is 5.91 Å². The third-order valence-electron chi connectivity index (χ3n) is 7.20. The molecule has 180 valence electrons. The van der Waals surface area contributed by atoms with Crippen LogP contribution in [0.25, 0.3) is 5.69 Å². The summed E-state index contributed by atoms with van der Waals surface area (Å²) >= 11 is 0. The Labute approximate surface area is 208 Å². The van der Waals surface area contributed by atoms with E-state index in [0.29, 0.717) is 35.5 Å². The van der Waals surface area contributed by atoms with Gasteiger partial charge in [-0.1, -0.05) is 30.3 Å². The number of guanidine groups is 1. The molecule has 1 fully saturated rings. The number of ether oxygens (including phenoxy) is 1. The number of para-hydroxylation sites is 1. The summed E-state index contributed by atoms with van der Waals surface area (Å²) in [7, 11) is 1.79. The lowest BCUT2D eigenvalue weighted by atomic mass is 10.1. The van der Waals surface area contributed by atoms with Gasteiger partial charge in [0.15, 0.2) is 5.82 Å². The molecule has 0 N–H and O–H groups in total. The summed E-state index contributed by atoms with van der Waals surface area (Å²) in [5.41, 5.74) is 2.51. The molecular formula is C27H25N7O2. The van der Waals surface area contributed by atoms with Gasteiger partial charge in [0.1, 0.15) is 11.3 Å². The van der Waals surface area contributed by atoms with Gasteiger partial charge in [-0.3, -0.25) is 14.6 Å². The molecule has 0 spiro atoms. The predicted molar refractivity (Wildman–Crippen MR) is 135 cm³/mol. The number of nitrogens with zero attached hydrogens (tertiary/aromatic N) is 7. The quantitative estimate of drug-likeness (QED) is 0.431. The number of amides is 1. The Morgan fingerprint density at radius 3 is 2.64 bits per heavy atom. The second-order valence-electron chi connectivity index (χ2n) is 9.42. The second-order valence-corrected chi connectivity index (χ2v) is 9.42. The smallest absolute Gasteiger partial charge is 0.269 e. The normalized spacial score (nSPS) is 20.2. The van der Waals surface area contributed by atoms with Crippen LogP contribution in [0, 0.1) is 0 Å². The van der Waals surface area contributed by atoms with Crippen LogP contribution in [0.2, 0.25) is 0 Å². The molecular weight excluding hydrogens is 454 g/mol. The van der Waals surface area contributed by atoms with E-state index >= 15 is 0 Å². The van der Waals surface area contributed by atoms with Crippen LogP contribution < -0.4 is 9.64 Å². The first kappa shape index (κ1) is 20.9. The van der Waals surface area contributed by atoms with E-state index in [9.17, 15) is 4.79 Å². The van der Waals surface area contributed by atoms with Crippen molar-refractivity contribution in [2.24, 2.45) is 4.99 Å². The van der Waals surface area contributed by atoms with Crippen LogP contribution in [0.5, 0.6) is 11.6 Å². The highest BCUT2D eigenvalue weighted by Gasteiger charge is 2.49. The van der Waals surface area contributed by atoms with Crippen LogP contribution in [0.15, 0.2) is 78.0 Å². The first-order chi connectivity index (χ1) is 17.7.